The molecule has 0 saturated carbocycles. The highest BCUT2D eigenvalue weighted by Gasteiger charge is 2.52. The van der Waals surface area contributed by atoms with Gasteiger partial charge in [0.25, 0.3) is 5.56 Å². The second-order valence-electron chi connectivity index (χ2n) is 4.84. The van der Waals surface area contributed by atoms with E-state index >= 15 is 0 Å². The van der Waals surface area contributed by atoms with Gasteiger partial charge in [0.2, 0.25) is 0 Å². The third-order valence-electron chi connectivity index (χ3n) is 3.93. The highest BCUT2D eigenvalue weighted by Crippen LogP contribution is 2.44. The first kappa shape index (κ1) is 14.0. The second-order valence-corrected chi connectivity index (χ2v) is 4.84. The molecule has 1 aliphatic rings. The van der Waals surface area contributed by atoms with Crippen LogP contribution < -0.4 is 11.2 Å². The smallest absolute Gasteiger partial charge is 0.330 e. The molecule has 1 fully saturated rings. The molecule has 19 heavy (non-hydrogen) atoms. The monoisotopic (exact) mass is 272 g/mol. The van der Waals surface area contributed by atoms with Gasteiger partial charge in [-0.25, -0.2) is 9.18 Å². The molecule has 0 spiro atoms. The van der Waals surface area contributed by atoms with Crippen molar-refractivity contribution in [2.75, 3.05) is 6.61 Å². The van der Waals surface area contributed by atoms with E-state index in [1.165, 1.54) is 6.20 Å². The molecular weight excluding hydrogens is 255 g/mol. The second kappa shape index (κ2) is 4.90. The molecule has 0 aliphatic carbocycles. The van der Waals surface area contributed by atoms with E-state index in [0.29, 0.717) is 6.42 Å². The van der Waals surface area contributed by atoms with E-state index in [4.69, 9.17) is 4.74 Å². The molecule has 2 N–H and O–H groups in total. The number of rotatable bonds is 3. The Kier molecular flexibility index (Phi) is 3.60. The van der Waals surface area contributed by atoms with Crippen molar-refractivity contribution in [2.24, 2.45) is 5.92 Å². The maximum absolute atomic E-state index is 14.3. The number of nitrogens with zero attached hydrogens (tertiary/aromatic N) is 1. The van der Waals surface area contributed by atoms with Crippen LogP contribution in [0.1, 0.15) is 26.5 Å². The molecule has 1 saturated heterocycles. The average molecular weight is 272 g/mol. The zero-order valence-corrected chi connectivity index (χ0v) is 10.8. The van der Waals surface area contributed by atoms with E-state index in [0.717, 1.165) is 10.6 Å². The topological polar surface area (TPSA) is 84.3 Å². The summed E-state index contributed by atoms with van der Waals surface area (Å²) in [5.41, 5.74) is -2.27. The summed E-state index contributed by atoms with van der Waals surface area (Å²) in [5.74, 6) is -0.550. The highest BCUT2D eigenvalue weighted by molar-refractivity contribution is 4.99. The number of aromatic nitrogens is 2. The number of ether oxygens (including phenoxy) is 1. The molecule has 1 aromatic heterocycles. The Morgan fingerprint density at radius 1 is 1.58 bits per heavy atom. The molecular formula is C12H17FN2O4. The zero-order chi connectivity index (χ0) is 14.2. The van der Waals surface area contributed by atoms with Crippen molar-refractivity contribution in [1.29, 1.82) is 0 Å². The summed E-state index contributed by atoms with van der Waals surface area (Å²) in [5, 5.41) is 9.45. The Morgan fingerprint density at radius 2 is 2.26 bits per heavy atom. The molecule has 7 heteroatoms. The van der Waals surface area contributed by atoms with Crippen LogP contribution in [0.2, 0.25) is 0 Å². The molecule has 0 unspecified atom stereocenters. The Morgan fingerprint density at radius 3 is 2.74 bits per heavy atom. The first-order valence-electron chi connectivity index (χ1n) is 6.19. The number of nitrogens with one attached hydrogen (secondary N) is 1. The lowest BCUT2D eigenvalue weighted by molar-refractivity contribution is -0.115. The molecule has 2 rings (SSSR count). The molecule has 1 aromatic rings. The predicted molar refractivity (Wildman–Crippen MR) is 65.6 cm³/mol. The van der Waals surface area contributed by atoms with E-state index < -0.39 is 35.2 Å². The van der Waals surface area contributed by atoms with Gasteiger partial charge in [-0.2, -0.15) is 0 Å². The third-order valence-corrected chi connectivity index (χ3v) is 3.93. The van der Waals surface area contributed by atoms with Crippen molar-refractivity contribution in [1.82, 2.24) is 9.55 Å². The van der Waals surface area contributed by atoms with Crippen LogP contribution in [0, 0.1) is 5.92 Å². The Hall–Kier alpha value is -1.47. The van der Waals surface area contributed by atoms with Gasteiger partial charge < -0.3 is 9.84 Å². The van der Waals surface area contributed by atoms with Crippen molar-refractivity contribution in [3.05, 3.63) is 33.1 Å². The van der Waals surface area contributed by atoms with Gasteiger partial charge in [0.05, 0.1) is 12.2 Å². The van der Waals surface area contributed by atoms with Crippen LogP contribution in [0.15, 0.2) is 21.9 Å². The van der Waals surface area contributed by atoms with Crippen molar-refractivity contribution in [3.63, 3.8) is 0 Å². The minimum Gasteiger partial charge on any atom is -0.393 e. The standard InChI is InChI=1S/C12H17FN2O4/c1-3-12(6-16)7(2)9(13)10(19-12)15-5-4-8(17)14-11(15)18/h4-5,7,9-10,16H,3,6H2,1-2H3,(H,14,17,18)/t7-,9+,10+,12-/m0/s1. The third kappa shape index (κ3) is 2.12. The van der Waals surface area contributed by atoms with E-state index in [1.54, 1.807) is 13.8 Å². The van der Waals surface area contributed by atoms with Crippen molar-refractivity contribution < 1.29 is 14.2 Å². The van der Waals surface area contributed by atoms with Gasteiger partial charge in [0.15, 0.2) is 12.4 Å². The van der Waals surface area contributed by atoms with Gasteiger partial charge in [-0.1, -0.05) is 13.8 Å². The number of hydrogen-bond acceptors (Lipinski definition) is 4. The summed E-state index contributed by atoms with van der Waals surface area (Å²) in [7, 11) is 0. The minimum atomic E-state index is -1.43. The summed E-state index contributed by atoms with van der Waals surface area (Å²) in [6, 6.07) is 1.13. The maximum Gasteiger partial charge on any atom is 0.330 e. The molecule has 1 aliphatic heterocycles. The van der Waals surface area contributed by atoms with Crippen LogP contribution in [0.25, 0.3) is 0 Å². The highest BCUT2D eigenvalue weighted by atomic mass is 19.1. The van der Waals surface area contributed by atoms with Crippen LogP contribution in [-0.4, -0.2) is 33.0 Å². The zero-order valence-electron chi connectivity index (χ0n) is 10.8. The SMILES string of the molecule is CC[C@@]1(CO)O[C@@H](n2ccc(=O)[nH]c2=O)[C@H](F)[C@@H]1C. The average Bonchev–Trinajstić information content (AvgIpc) is 2.64. The molecule has 0 amide bonds. The van der Waals surface area contributed by atoms with Gasteiger partial charge in [-0.05, 0) is 6.42 Å². The van der Waals surface area contributed by atoms with Crippen LogP contribution in [0.5, 0.6) is 0 Å². The van der Waals surface area contributed by atoms with Gasteiger partial charge in [0, 0.05) is 18.2 Å². The lowest BCUT2D eigenvalue weighted by Gasteiger charge is -2.29. The number of H-pyrrole nitrogens is 1. The molecule has 0 bridgehead atoms. The van der Waals surface area contributed by atoms with Gasteiger partial charge in [-0.15, -0.1) is 0 Å². The van der Waals surface area contributed by atoms with Crippen molar-refractivity contribution >= 4 is 0 Å². The van der Waals surface area contributed by atoms with E-state index in [9.17, 15) is 19.1 Å². The van der Waals surface area contributed by atoms with Crippen LogP contribution in [0.3, 0.4) is 0 Å². The first-order valence-corrected chi connectivity index (χ1v) is 6.19. The van der Waals surface area contributed by atoms with E-state index in [2.05, 4.69) is 4.98 Å². The number of halogens is 1. The summed E-state index contributed by atoms with van der Waals surface area (Å²) in [6.45, 7) is 3.11. The largest absolute Gasteiger partial charge is 0.393 e. The lowest BCUT2D eigenvalue weighted by Crippen LogP contribution is -2.39. The van der Waals surface area contributed by atoms with Crippen LogP contribution in [-0.2, 0) is 4.74 Å². The van der Waals surface area contributed by atoms with Crippen LogP contribution in [0.4, 0.5) is 4.39 Å². The van der Waals surface area contributed by atoms with E-state index in [-0.39, 0.29) is 6.61 Å². The fourth-order valence-electron chi connectivity index (χ4n) is 2.49. The molecule has 0 aromatic carbocycles. The molecule has 0 radical (unpaired) electrons. The Bertz CT molecular complexity index is 563. The fourth-order valence-corrected chi connectivity index (χ4v) is 2.49. The van der Waals surface area contributed by atoms with Crippen molar-refractivity contribution in [2.45, 2.75) is 38.3 Å². The fraction of sp³-hybridized carbons (Fsp3) is 0.667. The predicted octanol–water partition coefficient (Wildman–Crippen LogP) is 0.181. The van der Waals surface area contributed by atoms with Crippen molar-refractivity contribution in [3.8, 4) is 0 Å². The lowest BCUT2D eigenvalue weighted by atomic mass is 9.86. The molecule has 6 nitrogen and oxygen atoms in total. The van der Waals surface area contributed by atoms with Gasteiger partial charge >= 0.3 is 5.69 Å². The number of aliphatic hydroxyl groups excluding tert-OH is 1. The van der Waals surface area contributed by atoms with E-state index in [1.807, 2.05) is 0 Å². The summed E-state index contributed by atoms with van der Waals surface area (Å²) < 4.78 is 20.9. The summed E-state index contributed by atoms with van der Waals surface area (Å²) in [6.07, 6.45) is -0.935. The molecule has 2 heterocycles. The van der Waals surface area contributed by atoms with Gasteiger partial charge in [-0.3, -0.25) is 14.3 Å². The molecule has 106 valence electrons. The normalized spacial score (nSPS) is 34.6. The number of alkyl halides is 1. The molecule has 4 atom stereocenters. The Balaban J connectivity index is 2.42. The maximum atomic E-state index is 14.3. The summed E-state index contributed by atoms with van der Waals surface area (Å²) >= 11 is 0. The van der Waals surface area contributed by atoms with Crippen LogP contribution >= 0.6 is 0 Å². The first-order chi connectivity index (χ1) is 8.95. The quantitative estimate of drug-likeness (QED) is 0.822. The number of aliphatic hydroxyl groups is 1. The number of hydrogen-bond donors (Lipinski definition) is 2. The van der Waals surface area contributed by atoms with Gasteiger partial charge in [0.1, 0.15) is 0 Å². The summed E-state index contributed by atoms with van der Waals surface area (Å²) in [4.78, 5) is 24.7. The number of aromatic amines is 1. The minimum absolute atomic E-state index is 0.320. The Labute approximate surface area is 108 Å².